The summed E-state index contributed by atoms with van der Waals surface area (Å²) in [6.07, 6.45) is 12.9. The molecule has 3 aliphatic rings. The van der Waals surface area contributed by atoms with E-state index in [4.69, 9.17) is 0 Å². The first-order chi connectivity index (χ1) is 13.5. The number of amidine groups is 1. The van der Waals surface area contributed by atoms with Crippen molar-refractivity contribution in [3.63, 3.8) is 0 Å². The zero-order chi connectivity index (χ0) is 19.7. The van der Waals surface area contributed by atoms with Gasteiger partial charge in [0.1, 0.15) is 11.4 Å². The van der Waals surface area contributed by atoms with Crippen molar-refractivity contribution in [2.45, 2.75) is 64.0 Å². The van der Waals surface area contributed by atoms with Crippen LogP contribution in [0.1, 0.15) is 62.3 Å². The first-order valence-electron chi connectivity index (χ1n) is 10.2. The number of nitrogens with zero attached hydrogens (tertiary/aromatic N) is 2. The minimum absolute atomic E-state index is 0.0706. The quantitative estimate of drug-likeness (QED) is 0.872. The maximum atomic E-state index is 13.3. The van der Waals surface area contributed by atoms with Gasteiger partial charge in [-0.25, -0.2) is 0 Å². The van der Waals surface area contributed by atoms with Gasteiger partial charge in [0.2, 0.25) is 5.91 Å². The Bertz CT molecular complexity index is 899. The number of aliphatic imine (C=N–C) groups is 1. The summed E-state index contributed by atoms with van der Waals surface area (Å²) in [5.74, 6) is 0.127. The molecule has 2 aliphatic heterocycles. The molecule has 5 heteroatoms. The molecule has 4 rings (SSSR count). The van der Waals surface area contributed by atoms with Gasteiger partial charge in [-0.2, -0.15) is 4.99 Å². The van der Waals surface area contributed by atoms with E-state index in [1.54, 1.807) is 6.08 Å². The molecular weight excluding hydrogens is 350 g/mol. The van der Waals surface area contributed by atoms with Crippen LogP contribution in [0.4, 0.5) is 0 Å². The Labute approximate surface area is 166 Å². The fraction of sp³-hybridized carbons (Fsp3) is 0.435. The number of carbonyl (C=O) groups is 2. The van der Waals surface area contributed by atoms with Crippen LogP contribution in [0.25, 0.3) is 0 Å². The van der Waals surface area contributed by atoms with Crippen LogP contribution in [-0.4, -0.2) is 28.1 Å². The summed E-state index contributed by atoms with van der Waals surface area (Å²) in [6.45, 7) is 3.90. The highest BCUT2D eigenvalue weighted by atomic mass is 16.2. The molecule has 2 heterocycles. The van der Waals surface area contributed by atoms with Gasteiger partial charge in [-0.3, -0.25) is 9.59 Å². The van der Waals surface area contributed by atoms with E-state index in [1.165, 1.54) is 24.0 Å². The van der Waals surface area contributed by atoms with E-state index < -0.39 is 5.54 Å². The van der Waals surface area contributed by atoms with E-state index in [9.17, 15) is 9.59 Å². The number of aryl methyl sites for hydroxylation is 2. The molecule has 0 saturated carbocycles. The van der Waals surface area contributed by atoms with Crippen molar-refractivity contribution in [1.29, 1.82) is 0 Å². The summed E-state index contributed by atoms with van der Waals surface area (Å²) in [5.41, 5.74) is 3.02. The van der Waals surface area contributed by atoms with E-state index >= 15 is 0 Å². The van der Waals surface area contributed by atoms with Crippen LogP contribution >= 0.6 is 0 Å². The number of benzene rings is 1. The summed E-state index contributed by atoms with van der Waals surface area (Å²) >= 11 is 0. The first-order valence-corrected chi connectivity index (χ1v) is 10.2. The Morgan fingerprint density at radius 1 is 1.25 bits per heavy atom. The van der Waals surface area contributed by atoms with E-state index in [-0.39, 0.29) is 24.3 Å². The van der Waals surface area contributed by atoms with Gasteiger partial charge in [-0.1, -0.05) is 31.2 Å². The maximum absolute atomic E-state index is 13.3. The predicted molar refractivity (Wildman–Crippen MR) is 110 cm³/mol. The highest BCUT2D eigenvalue weighted by Gasteiger charge is 2.45. The molecule has 1 aliphatic carbocycles. The van der Waals surface area contributed by atoms with Gasteiger partial charge in [0.05, 0.1) is 12.5 Å². The number of nitrogens with one attached hydrogen (secondary N) is 1. The molecule has 28 heavy (non-hydrogen) atoms. The van der Waals surface area contributed by atoms with Crippen LogP contribution in [-0.2, 0) is 22.4 Å². The fourth-order valence-electron chi connectivity index (χ4n) is 4.38. The van der Waals surface area contributed by atoms with Gasteiger partial charge in [-0.15, -0.1) is 0 Å². The number of hydrogen-bond acceptors (Lipinski definition) is 3. The van der Waals surface area contributed by atoms with Crippen molar-refractivity contribution < 1.29 is 9.59 Å². The molecule has 0 radical (unpaired) electrons. The molecule has 0 spiro atoms. The van der Waals surface area contributed by atoms with E-state index in [0.717, 1.165) is 24.8 Å². The molecule has 2 atom stereocenters. The first kappa shape index (κ1) is 18.7. The molecule has 2 amide bonds. The van der Waals surface area contributed by atoms with Gasteiger partial charge in [0, 0.05) is 6.20 Å². The smallest absolute Gasteiger partial charge is 0.250 e. The van der Waals surface area contributed by atoms with E-state index in [1.807, 2.05) is 30.2 Å². The van der Waals surface area contributed by atoms with Gasteiger partial charge in [-0.05, 0) is 67.9 Å². The summed E-state index contributed by atoms with van der Waals surface area (Å²) in [4.78, 5) is 31.4. The van der Waals surface area contributed by atoms with Crippen molar-refractivity contribution in [1.82, 2.24) is 10.2 Å². The second kappa shape index (κ2) is 7.38. The normalized spacial score (nSPS) is 24.3. The molecule has 0 aromatic heterocycles. The van der Waals surface area contributed by atoms with Crippen molar-refractivity contribution in [2.75, 3.05) is 0 Å². The average molecular weight is 377 g/mol. The Hall–Kier alpha value is -2.69. The second-order valence-corrected chi connectivity index (χ2v) is 8.05. The molecule has 0 fully saturated rings. The topological polar surface area (TPSA) is 61.8 Å². The molecule has 146 valence electrons. The third-order valence-corrected chi connectivity index (χ3v) is 6.08. The van der Waals surface area contributed by atoms with Crippen LogP contribution in [0.15, 0.2) is 47.6 Å². The SMILES string of the molecule is CCC(NC(=O)C1(C)CC(=O)N=C2C=CC=CN21)c1ccc2c(c1)CCCC2. The number of rotatable bonds is 4. The van der Waals surface area contributed by atoms with Crippen molar-refractivity contribution >= 4 is 17.6 Å². The summed E-state index contributed by atoms with van der Waals surface area (Å²) in [6, 6.07) is 6.54. The maximum Gasteiger partial charge on any atom is 0.250 e. The lowest BCUT2D eigenvalue weighted by Gasteiger charge is -2.42. The van der Waals surface area contributed by atoms with Gasteiger partial charge in [0.25, 0.3) is 5.91 Å². The fourth-order valence-corrected chi connectivity index (χ4v) is 4.38. The lowest BCUT2D eigenvalue weighted by molar-refractivity contribution is -0.135. The third kappa shape index (κ3) is 3.30. The van der Waals surface area contributed by atoms with Crippen LogP contribution in [0.5, 0.6) is 0 Å². The number of amides is 2. The monoisotopic (exact) mass is 377 g/mol. The van der Waals surface area contributed by atoms with Crippen LogP contribution in [0.3, 0.4) is 0 Å². The van der Waals surface area contributed by atoms with Gasteiger partial charge in [0.15, 0.2) is 0 Å². The largest absolute Gasteiger partial charge is 0.347 e. The Morgan fingerprint density at radius 3 is 2.82 bits per heavy atom. The van der Waals surface area contributed by atoms with Gasteiger partial charge < -0.3 is 10.2 Å². The Morgan fingerprint density at radius 2 is 2.04 bits per heavy atom. The van der Waals surface area contributed by atoms with Crippen LogP contribution in [0, 0.1) is 0 Å². The second-order valence-electron chi connectivity index (χ2n) is 8.05. The summed E-state index contributed by atoms with van der Waals surface area (Å²) < 4.78 is 0. The number of carbonyl (C=O) groups excluding carboxylic acids is 2. The average Bonchev–Trinajstić information content (AvgIpc) is 2.71. The van der Waals surface area contributed by atoms with E-state index in [0.29, 0.717) is 5.84 Å². The van der Waals surface area contributed by atoms with Crippen LogP contribution < -0.4 is 5.32 Å². The molecule has 1 N–H and O–H groups in total. The lowest BCUT2D eigenvalue weighted by atomic mass is 9.87. The van der Waals surface area contributed by atoms with E-state index in [2.05, 4.69) is 35.4 Å². The number of hydrogen-bond donors (Lipinski definition) is 1. The molecule has 1 aromatic rings. The molecular formula is C23H27N3O2. The predicted octanol–water partition coefficient (Wildman–Crippen LogP) is 3.61. The zero-order valence-corrected chi connectivity index (χ0v) is 16.6. The molecule has 2 unspecified atom stereocenters. The standard InChI is InChI=1S/C23H27N3O2/c1-3-19(18-12-11-16-8-4-5-9-17(16)14-18)24-22(28)23(2)15-21(27)25-20-10-6-7-13-26(20)23/h6-7,10-14,19H,3-5,8-9,15H2,1-2H3,(H,24,28). The molecule has 1 aromatic carbocycles. The number of fused-ring (bicyclic) bond motifs is 2. The Kier molecular flexibility index (Phi) is 4.92. The third-order valence-electron chi connectivity index (χ3n) is 6.08. The number of allylic oxidation sites excluding steroid dienone is 2. The van der Waals surface area contributed by atoms with Crippen molar-refractivity contribution in [3.05, 3.63) is 59.3 Å². The summed E-state index contributed by atoms with van der Waals surface area (Å²) in [7, 11) is 0. The highest BCUT2D eigenvalue weighted by Crippen LogP contribution is 2.30. The minimum Gasteiger partial charge on any atom is -0.347 e. The lowest BCUT2D eigenvalue weighted by Crippen LogP contribution is -2.60. The molecule has 0 saturated heterocycles. The Balaban J connectivity index is 1.58. The molecule has 0 bridgehead atoms. The van der Waals surface area contributed by atoms with Crippen molar-refractivity contribution in [3.8, 4) is 0 Å². The van der Waals surface area contributed by atoms with Crippen molar-refractivity contribution in [2.24, 2.45) is 4.99 Å². The molecule has 5 nitrogen and oxygen atoms in total. The minimum atomic E-state index is -0.975. The highest BCUT2D eigenvalue weighted by molar-refractivity contribution is 6.09. The summed E-state index contributed by atoms with van der Waals surface area (Å²) in [5, 5.41) is 3.21. The van der Waals surface area contributed by atoms with Gasteiger partial charge >= 0.3 is 0 Å². The zero-order valence-electron chi connectivity index (χ0n) is 16.6. The van der Waals surface area contributed by atoms with Crippen LogP contribution in [0.2, 0.25) is 0 Å².